The Morgan fingerprint density at radius 2 is 1.96 bits per heavy atom. The molecule has 1 N–H and O–H groups in total. The van der Waals surface area contributed by atoms with Crippen LogP contribution in [0.25, 0.3) is 5.69 Å². The minimum absolute atomic E-state index is 0.00998. The molecule has 6 nitrogen and oxygen atoms in total. The number of amides is 1. The van der Waals surface area contributed by atoms with Crippen LogP contribution in [0.4, 0.5) is 0 Å². The van der Waals surface area contributed by atoms with Crippen molar-refractivity contribution in [3.05, 3.63) is 36.2 Å². The van der Waals surface area contributed by atoms with E-state index in [1.165, 1.54) is 31.0 Å². The second-order valence-corrected chi connectivity index (χ2v) is 8.51. The number of carbonyl (C=O) groups is 1. The molecule has 1 saturated carbocycles. The molecule has 0 bridgehead atoms. The third-order valence-corrected chi connectivity index (χ3v) is 6.30. The van der Waals surface area contributed by atoms with E-state index in [2.05, 4.69) is 17.4 Å². The Morgan fingerprint density at radius 1 is 1.14 bits per heavy atom. The average Bonchev–Trinajstić information content (AvgIpc) is 3.42. The van der Waals surface area contributed by atoms with Gasteiger partial charge in [-0.1, -0.05) is 49.2 Å². The average molecular weight is 401 g/mol. The maximum absolute atomic E-state index is 12.2. The zero-order valence-corrected chi connectivity index (χ0v) is 17.0. The van der Waals surface area contributed by atoms with Crippen LogP contribution in [0.5, 0.6) is 0 Å². The molecule has 1 atom stereocenters. The van der Waals surface area contributed by atoms with Gasteiger partial charge in [0, 0.05) is 19.1 Å². The lowest BCUT2D eigenvalue weighted by Crippen LogP contribution is -2.32. The lowest BCUT2D eigenvalue weighted by atomic mass is 9.88. The second kappa shape index (κ2) is 9.56. The molecule has 2 aliphatic rings. The van der Waals surface area contributed by atoms with Gasteiger partial charge in [-0.3, -0.25) is 4.79 Å². The quantitative estimate of drug-likeness (QED) is 0.718. The Kier molecular flexibility index (Phi) is 6.65. The molecule has 0 spiro atoms. The predicted octanol–water partition coefficient (Wildman–Crippen LogP) is 3.70. The Hall–Kier alpha value is -1.86. The summed E-state index contributed by atoms with van der Waals surface area (Å²) in [6.07, 6.45) is 8.42. The maximum Gasteiger partial charge on any atom is 0.230 e. The molecule has 1 aliphatic heterocycles. The summed E-state index contributed by atoms with van der Waals surface area (Å²) in [7, 11) is 0. The summed E-state index contributed by atoms with van der Waals surface area (Å²) in [5, 5.41) is 8.37. The number of nitrogens with one attached hydrogen (secondary N) is 1. The largest absolute Gasteiger partial charge is 0.376 e. The number of thioether (sulfide) groups is 1. The lowest BCUT2D eigenvalue weighted by Gasteiger charge is -2.21. The van der Waals surface area contributed by atoms with Crippen molar-refractivity contribution in [2.45, 2.75) is 62.1 Å². The summed E-state index contributed by atoms with van der Waals surface area (Å²) in [5.74, 6) is 1.82. The molecule has 1 saturated heterocycles. The minimum atomic E-state index is 0.00998. The van der Waals surface area contributed by atoms with Gasteiger partial charge in [-0.25, -0.2) is 9.67 Å². The van der Waals surface area contributed by atoms with Crippen molar-refractivity contribution in [2.75, 3.05) is 18.9 Å². The van der Waals surface area contributed by atoms with E-state index < -0.39 is 0 Å². The normalized spacial score (nSPS) is 20.4. The second-order valence-electron chi connectivity index (χ2n) is 7.56. The molecule has 7 heteroatoms. The zero-order valence-electron chi connectivity index (χ0n) is 16.2. The van der Waals surface area contributed by atoms with Crippen molar-refractivity contribution in [1.29, 1.82) is 0 Å². The zero-order chi connectivity index (χ0) is 19.2. The first-order chi connectivity index (χ1) is 13.8. The van der Waals surface area contributed by atoms with Crippen molar-refractivity contribution >= 4 is 17.7 Å². The fourth-order valence-corrected chi connectivity index (χ4v) is 4.62. The van der Waals surface area contributed by atoms with Crippen molar-refractivity contribution in [3.63, 3.8) is 0 Å². The molecule has 1 aliphatic carbocycles. The first kappa shape index (κ1) is 19.5. The van der Waals surface area contributed by atoms with Gasteiger partial charge >= 0.3 is 0 Å². The number of carbonyl (C=O) groups excluding carboxylic acids is 1. The predicted molar refractivity (Wildman–Crippen MR) is 110 cm³/mol. The number of benzene rings is 1. The SMILES string of the molecule is O=C(CSc1nc(C2CCCCC2)n(-c2ccccc2)n1)NCC1CCCO1. The number of aromatic nitrogens is 3. The highest BCUT2D eigenvalue weighted by atomic mass is 32.2. The van der Waals surface area contributed by atoms with Crippen LogP contribution in [0.2, 0.25) is 0 Å². The van der Waals surface area contributed by atoms with Crippen LogP contribution < -0.4 is 5.32 Å². The van der Waals surface area contributed by atoms with Gasteiger partial charge in [0.15, 0.2) is 0 Å². The summed E-state index contributed by atoms with van der Waals surface area (Å²) in [4.78, 5) is 17.0. The van der Waals surface area contributed by atoms with E-state index in [0.29, 0.717) is 23.4 Å². The molecule has 1 aromatic carbocycles. The Labute approximate surface area is 170 Å². The monoisotopic (exact) mass is 400 g/mol. The Morgan fingerprint density at radius 3 is 2.71 bits per heavy atom. The number of nitrogens with zero attached hydrogens (tertiary/aromatic N) is 3. The summed E-state index contributed by atoms with van der Waals surface area (Å²) < 4.78 is 7.53. The third kappa shape index (κ3) is 4.94. The molecular formula is C21H28N4O2S. The highest BCUT2D eigenvalue weighted by molar-refractivity contribution is 7.99. The summed E-state index contributed by atoms with van der Waals surface area (Å²) >= 11 is 1.41. The lowest BCUT2D eigenvalue weighted by molar-refractivity contribution is -0.119. The van der Waals surface area contributed by atoms with Gasteiger partial charge in [-0.05, 0) is 37.8 Å². The first-order valence-electron chi connectivity index (χ1n) is 10.3. The van der Waals surface area contributed by atoms with Gasteiger partial charge in [0.2, 0.25) is 11.1 Å². The van der Waals surface area contributed by atoms with Crippen LogP contribution >= 0.6 is 11.8 Å². The smallest absolute Gasteiger partial charge is 0.230 e. The molecule has 150 valence electrons. The molecule has 2 heterocycles. The van der Waals surface area contributed by atoms with E-state index >= 15 is 0 Å². The van der Waals surface area contributed by atoms with Crippen LogP contribution in [0, 0.1) is 0 Å². The first-order valence-corrected chi connectivity index (χ1v) is 11.3. The number of ether oxygens (including phenoxy) is 1. The molecule has 28 heavy (non-hydrogen) atoms. The fourth-order valence-electron chi connectivity index (χ4n) is 3.96. The molecule has 2 fully saturated rings. The van der Waals surface area contributed by atoms with Crippen molar-refractivity contribution in [3.8, 4) is 5.69 Å². The van der Waals surface area contributed by atoms with Gasteiger partial charge in [0.25, 0.3) is 0 Å². The summed E-state index contributed by atoms with van der Waals surface area (Å²) in [5.41, 5.74) is 1.03. The van der Waals surface area contributed by atoms with E-state index in [1.54, 1.807) is 0 Å². The molecule has 1 aromatic heterocycles. The van der Waals surface area contributed by atoms with Crippen LogP contribution in [-0.2, 0) is 9.53 Å². The van der Waals surface area contributed by atoms with Crippen molar-refractivity contribution < 1.29 is 9.53 Å². The van der Waals surface area contributed by atoms with Crippen LogP contribution in [0.1, 0.15) is 56.7 Å². The number of para-hydroxylation sites is 1. The van der Waals surface area contributed by atoms with E-state index in [9.17, 15) is 4.79 Å². The standard InChI is InChI=1S/C21H28N4O2S/c26-19(22-14-18-12-7-13-27-18)15-28-21-23-20(16-8-3-1-4-9-16)25(24-21)17-10-5-2-6-11-17/h2,5-6,10-11,16,18H,1,3-4,7-9,12-15H2,(H,22,26). The fraction of sp³-hybridized carbons (Fsp3) is 0.571. The van der Waals surface area contributed by atoms with E-state index in [-0.39, 0.29) is 12.0 Å². The van der Waals surface area contributed by atoms with Gasteiger partial charge in [-0.15, -0.1) is 5.10 Å². The highest BCUT2D eigenvalue weighted by Crippen LogP contribution is 2.33. The topological polar surface area (TPSA) is 69.0 Å². The van der Waals surface area contributed by atoms with Gasteiger partial charge < -0.3 is 10.1 Å². The molecule has 1 unspecified atom stereocenters. The third-order valence-electron chi connectivity index (χ3n) is 5.47. The molecule has 4 rings (SSSR count). The summed E-state index contributed by atoms with van der Waals surface area (Å²) in [6.45, 7) is 1.40. The van der Waals surface area contributed by atoms with Gasteiger partial charge in [0.1, 0.15) is 5.82 Å². The van der Waals surface area contributed by atoms with E-state index in [0.717, 1.165) is 43.8 Å². The highest BCUT2D eigenvalue weighted by Gasteiger charge is 2.24. The Balaban J connectivity index is 1.42. The molecule has 1 amide bonds. The summed E-state index contributed by atoms with van der Waals surface area (Å²) in [6, 6.07) is 10.2. The van der Waals surface area contributed by atoms with Crippen molar-refractivity contribution in [1.82, 2.24) is 20.1 Å². The van der Waals surface area contributed by atoms with E-state index in [1.807, 2.05) is 22.9 Å². The van der Waals surface area contributed by atoms with Crippen LogP contribution in [-0.4, -0.2) is 45.7 Å². The number of hydrogen-bond acceptors (Lipinski definition) is 5. The molecule has 0 radical (unpaired) electrons. The van der Waals surface area contributed by atoms with Gasteiger partial charge in [0.05, 0.1) is 17.5 Å². The van der Waals surface area contributed by atoms with Crippen LogP contribution in [0.3, 0.4) is 0 Å². The Bertz CT molecular complexity index is 768. The van der Waals surface area contributed by atoms with Crippen LogP contribution in [0.15, 0.2) is 35.5 Å². The molecular weight excluding hydrogens is 372 g/mol. The van der Waals surface area contributed by atoms with E-state index in [4.69, 9.17) is 14.8 Å². The minimum Gasteiger partial charge on any atom is -0.376 e. The maximum atomic E-state index is 12.2. The number of rotatable bonds is 7. The molecule has 2 aromatic rings. The van der Waals surface area contributed by atoms with Gasteiger partial charge in [-0.2, -0.15) is 0 Å². The number of hydrogen-bond donors (Lipinski definition) is 1. The van der Waals surface area contributed by atoms with Crippen molar-refractivity contribution in [2.24, 2.45) is 0 Å².